The Bertz CT molecular complexity index is 919. The molecular formula is C18H14Cl2N4O2S. The van der Waals surface area contributed by atoms with Crippen LogP contribution in [0.2, 0.25) is 10.0 Å². The molecule has 1 heterocycles. The number of thioether (sulfide) groups is 1. The van der Waals surface area contributed by atoms with E-state index >= 15 is 0 Å². The molecule has 2 amide bonds. The monoisotopic (exact) mass is 420 g/mol. The van der Waals surface area contributed by atoms with Gasteiger partial charge < -0.3 is 10.6 Å². The number of hydrogen-bond donors (Lipinski definition) is 2. The van der Waals surface area contributed by atoms with E-state index in [1.165, 1.54) is 0 Å². The van der Waals surface area contributed by atoms with Crippen LogP contribution in [0.4, 0.5) is 5.69 Å². The van der Waals surface area contributed by atoms with Crippen molar-refractivity contribution in [2.45, 2.75) is 11.7 Å². The molecule has 0 radical (unpaired) electrons. The normalized spacial score (nSPS) is 18.1. The van der Waals surface area contributed by atoms with Gasteiger partial charge in [-0.15, -0.1) is 5.10 Å². The lowest BCUT2D eigenvalue weighted by atomic mass is 10.2. The van der Waals surface area contributed by atoms with Crippen LogP contribution in [0.3, 0.4) is 0 Å². The van der Waals surface area contributed by atoms with Crippen LogP contribution >= 0.6 is 35.0 Å². The van der Waals surface area contributed by atoms with Gasteiger partial charge in [-0.2, -0.15) is 5.10 Å². The predicted molar refractivity (Wildman–Crippen MR) is 111 cm³/mol. The lowest BCUT2D eigenvalue weighted by Crippen LogP contribution is -2.28. The molecule has 0 bridgehead atoms. The number of rotatable bonds is 5. The van der Waals surface area contributed by atoms with Gasteiger partial charge in [-0.3, -0.25) is 9.59 Å². The van der Waals surface area contributed by atoms with Crippen LogP contribution in [0.1, 0.15) is 12.0 Å². The van der Waals surface area contributed by atoms with Crippen molar-refractivity contribution in [3.8, 4) is 0 Å². The number of anilines is 1. The van der Waals surface area contributed by atoms with E-state index in [4.69, 9.17) is 23.2 Å². The minimum absolute atomic E-state index is 0.0270. The van der Waals surface area contributed by atoms with E-state index in [9.17, 15) is 9.59 Å². The van der Waals surface area contributed by atoms with Crippen LogP contribution < -0.4 is 10.6 Å². The number of hydrogen-bond acceptors (Lipinski definition) is 5. The highest BCUT2D eigenvalue weighted by atomic mass is 35.5. The molecule has 1 aliphatic rings. The van der Waals surface area contributed by atoms with Crippen molar-refractivity contribution in [1.82, 2.24) is 5.32 Å². The summed E-state index contributed by atoms with van der Waals surface area (Å²) in [4.78, 5) is 24.2. The van der Waals surface area contributed by atoms with Gasteiger partial charge in [0.2, 0.25) is 11.8 Å². The average Bonchev–Trinajstić information content (AvgIpc) is 2.99. The van der Waals surface area contributed by atoms with Crippen molar-refractivity contribution in [3.63, 3.8) is 0 Å². The van der Waals surface area contributed by atoms with E-state index in [1.54, 1.807) is 24.4 Å². The molecule has 0 spiro atoms. The number of halogens is 2. The van der Waals surface area contributed by atoms with Gasteiger partial charge in [-0.25, -0.2) is 0 Å². The Balaban J connectivity index is 1.57. The maximum absolute atomic E-state index is 12.2. The van der Waals surface area contributed by atoms with Crippen molar-refractivity contribution in [1.29, 1.82) is 0 Å². The van der Waals surface area contributed by atoms with E-state index in [0.29, 0.717) is 15.9 Å². The third kappa shape index (κ3) is 5.32. The van der Waals surface area contributed by atoms with Crippen molar-refractivity contribution in [2.75, 3.05) is 5.32 Å². The SMILES string of the molecule is O=C(CC1S/C(=N/N=C\c2ccccc2)NC1=O)Nc1cccc(Cl)c1Cl. The summed E-state index contributed by atoms with van der Waals surface area (Å²) in [6.45, 7) is 0. The molecule has 2 aromatic rings. The molecule has 2 aromatic carbocycles. The summed E-state index contributed by atoms with van der Waals surface area (Å²) in [5.41, 5.74) is 1.30. The number of benzene rings is 2. The van der Waals surface area contributed by atoms with Crippen LogP contribution in [-0.2, 0) is 9.59 Å². The van der Waals surface area contributed by atoms with E-state index < -0.39 is 5.25 Å². The summed E-state index contributed by atoms with van der Waals surface area (Å²) < 4.78 is 0. The number of amides is 2. The van der Waals surface area contributed by atoms with Gasteiger partial charge in [-0.1, -0.05) is 71.4 Å². The molecule has 2 N–H and O–H groups in total. The summed E-state index contributed by atoms with van der Waals surface area (Å²) in [5, 5.41) is 13.6. The molecule has 1 aliphatic heterocycles. The molecule has 1 atom stereocenters. The van der Waals surface area contributed by atoms with E-state index in [1.807, 2.05) is 30.3 Å². The van der Waals surface area contributed by atoms with Gasteiger partial charge in [-0.05, 0) is 17.7 Å². The summed E-state index contributed by atoms with van der Waals surface area (Å²) in [6.07, 6.45) is 1.56. The van der Waals surface area contributed by atoms with Crippen LogP contribution in [0.5, 0.6) is 0 Å². The fourth-order valence-corrected chi connectivity index (χ4v) is 3.52. The third-order valence-electron chi connectivity index (χ3n) is 3.53. The summed E-state index contributed by atoms with van der Waals surface area (Å²) in [7, 11) is 0. The first-order valence-corrected chi connectivity index (χ1v) is 9.54. The van der Waals surface area contributed by atoms with Gasteiger partial charge >= 0.3 is 0 Å². The van der Waals surface area contributed by atoms with Crippen LogP contribution in [-0.4, -0.2) is 28.4 Å². The first kappa shape index (κ1) is 19.4. The fraction of sp³-hybridized carbons (Fsp3) is 0.111. The summed E-state index contributed by atoms with van der Waals surface area (Å²) in [5.74, 6) is -0.637. The smallest absolute Gasteiger partial charge is 0.240 e. The van der Waals surface area contributed by atoms with E-state index in [0.717, 1.165) is 17.3 Å². The minimum atomic E-state index is -0.589. The lowest BCUT2D eigenvalue weighted by Gasteiger charge is -2.09. The molecule has 3 rings (SSSR count). The zero-order valence-electron chi connectivity index (χ0n) is 13.9. The number of carbonyl (C=O) groups is 2. The van der Waals surface area contributed by atoms with Crippen molar-refractivity contribution < 1.29 is 9.59 Å². The van der Waals surface area contributed by atoms with Gasteiger partial charge in [0.05, 0.1) is 21.9 Å². The number of nitrogens with one attached hydrogen (secondary N) is 2. The predicted octanol–water partition coefficient (Wildman–Crippen LogP) is 3.94. The molecule has 0 aromatic heterocycles. The first-order chi connectivity index (χ1) is 13.0. The molecule has 9 heteroatoms. The molecule has 1 saturated heterocycles. The molecule has 1 fully saturated rings. The van der Waals surface area contributed by atoms with E-state index in [-0.39, 0.29) is 23.3 Å². The molecule has 138 valence electrons. The highest BCUT2D eigenvalue weighted by Gasteiger charge is 2.32. The highest BCUT2D eigenvalue weighted by molar-refractivity contribution is 8.15. The Kier molecular flexibility index (Phi) is 6.49. The second kappa shape index (κ2) is 9.03. The second-order valence-corrected chi connectivity index (χ2v) is 7.49. The second-order valence-electron chi connectivity index (χ2n) is 5.51. The summed E-state index contributed by atoms with van der Waals surface area (Å²) >= 11 is 13.1. The largest absolute Gasteiger partial charge is 0.325 e. The Labute approximate surface area is 170 Å². The van der Waals surface area contributed by atoms with Gasteiger partial charge in [0.25, 0.3) is 0 Å². The van der Waals surface area contributed by atoms with Crippen LogP contribution in [0.15, 0.2) is 58.7 Å². The van der Waals surface area contributed by atoms with Gasteiger partial charge in [0, 0.05) is 6.42 Å². The standard InChI is InChI=1S/C18H14Cl2N4O2S/c19-12-7-4-8-13(16(12)20)22-15(25)9-14-17(26)23-18(27-14)24-21-10-11-5-2-1-3-6-11/h1-8,10,14H,9H2,(H,22,25)(H,23,24,26)/b21-10-. The average molecular weight is 421 g/mol. The van der Waals surface area contributed by atoms with Crippen LogP contribution in [0, 0.1) is 0 Å². The highest BCUT2D eigenvalue weighted by Crippen LogP contribution is 2.30. The molecular weight excluding hydrogens is 407 g/mol. The maximum atomic E-state index is 12.2. The zero-order chi connectivity index (χ0) is 19.2. The minimum Gasteiger partial charge on any atom is -0.325 e. The molecule has 1 unspecified atom stereocenters. The maximum Gasteiger partial charge on any atom is 0.240 e. The topological polar surface area (TPSA) is 82.9 Å². The van der Waals surface area contributed by atoms with Gasteiger partial charge in [0.15, 0.2) is 5.17 Å². The third-order valence-corrected chi connectivity index (χ3v) is 5.42. The molecule has 6 nitrogen and oxygen atoms in total. The van der Waals surface area contributed by atoms with Crippen molar-refractivity contribution in [3.05, 3.63) is 64.1 Å². The number of nitrogens with zero attached hydrogens (tertiary/aromatic N) is 2. The Hall–Kier alpha value is -2.35. The van der Waals surface area contributed by atoms with Crippen molar-refractivity contribution >= 4 is 63.8 Å². The molecule has 0 saturated carbocycles. The zero-order valence-corrected chi connectivity index (χ0v) is 16.2. The first-order valence-electron chi connectivity index (χ1n) is 7.90. The Morgan fingerprint density at radius 2 is 1.96 bits per heavy atom. The summed E-state index contributed by atoms with van der Waals surface area (Å²) in [6, 6.07) is 14.4. The van der Waals surface area contributed by atoms with Gasteiger partial charge in [0.1, 0.15) is 5.25 Å². The number of carbonyl (C=O) groups excluding carboxylic acids is 2. The molecule has 27 heavy (non-hydrogen) atoms. The Morgan fingerprint density at radius 3 is 2.74 bits per heavy atom. The fourth-order valence-electron chi connectivity index (χ4n) is 2.24. The van der Waals surface area contributed by atoms with E-state index in [2.05, 4.69) is 20.8 Å². The number of amidine groups is 1. The quantitative estimate of drug-likeness (QED) is 0.567. The van der Waals surface area contributed by atoms with Crippen LogP contribution in [0.25, 0.3) is 0 Å². The Morgan fingerprint density at radius 1 is 1.19 bits per heavy atom. The van der Waals surface area contributed by atoms with Crippen molar-refractivity contribution in [2.24, 2.45) is 10.2 Å². The lowest BCUT2D eigenvalue weighted by molar-refractivity contribution is -0.122. The molecule has 0 aliphatic carbocycles.